The third kappa shape index (κ3) is 4.49. The van der Waals surface area contributed by atoms with Gasteiger partial charge in [0.25, 0.3) is 5.91 Å². The molecule has 2 atom stereocenters. The number of benzene rings is 1. The van der Waals surface area contributed by atoms with E-state index in [0.29, 0.717) is 18.0 Å². The molecular weight excluding hydrogens is 348 g/mol. The molecule has 1 fully saturated rings. The van der Waals surface area contributed by atoms with E-state index >= 15 is 0 Å². The lowest BCUT2D eigenvalue weighted by Gasteiger charge is -2.23. The second-order valence-electron chi connectivity index (χ2n) is 6.02. The van der Waals surface area contributed by atoms with Crippen LogP contribution < -0.4 is 14.8 Å². The van der Waals surface area contributed by atoms with E-state index in [-0.39, 0.29) is 30.1 Å². The Kier molecular flexibility index (Phi) is 5.57. The lowest BCUT2D eigenvalue weighted by Crippen LogP contribution is -2.34. The van der Waals surface area contributed by atoms with Gasteiger partial charge in [-0.25, -0.2) is 13.1 Å². The van der Waals surface area contributed by atoms with Crippen LogP contribution in [0.5, 0.6) is 5.75 Å². The lowest BCUT2D eigenvalue weighted by molar-refractivity contribution is -0.122. The highest BCUT2D eigenvalue weighted by Crippen LogP contribution is 2.31. The van der Waals surface area contributed by atoms with Crippen LogP contribution in [0.1, 0.15) is 19.8 Å². The molecule has 1 amide bonds. The van der Waals surface area contributed by atoms with Gasteiger partial charge in [0.2, 0.25) is 10.0 Å². The molecule has 0 aliphatic carbocycles. The molecule has 0 aromatic heterocycles. The smallest absolute Gasteiger partial charge is 0.265 e. The van der Waals surface area contributed by atoms with E-state index in [1.54, 1.807) is 6.92 Å². The minimum atomic E-state index is -3.69. The Balaban J connectivity index is 1.53. The molecule has 1 saturated heterocycles. The number of anilines is 1. The minimum Gasteiger partial charge on any atom is -0.479 e. The number of hydrogen-bond donors (Lipinski definition) is 2. The molecule has 0 radical (unpaired) electrons. The van der Waals surface area contributed by atoms with Crippen LogP contribution in [-0.2, 0) is 24.3 Å². The molecule has 2 heterocycles. The Labute approximate surface area is 146 Å². The maximum absolute atomic E-state index is 12.3. The molecule has 9 heteroatoms. The van der Waals surface area contributed by atoms with Crippen LogP contribution in [0.3, 0.4) is 0 Å². The van der Waals surface area contributed by atoms with Gasteiger partial charge >= 0.3 is 0 Å². The highest BCUT2D eigenvalue weighted by atomic mass is 32.2. The molecule has 0 saturated carbocycles. The van der Waals surface area contributed by atoms with E-state index in [9.17, 15) is 13.2 Å². The summed E-state index contributed by atoms with van der Waals surface area (Å²) >= 11 is 0. The fraction of sp³-hybridized carbons (Fsp3) is 0.562. The second-order valence-corrected chi connectivity index (χ2v) is 7.78. The Hall–Kier alpha value is -1.68. The second kappa shape index (κ2) is 7.69. The fourth-order valence-corrected chi connectivity index (χ4v) is 3.72. The molecule has 1 aromatic rings. The summed E-state index contributed by atoms with van der Waals surface area (Å²) < 4.78 is 43.4. The summed E-state index contributed by atoms with van der Waals surface area (Å²) in [6.45, 7) is 3.29. The van der Waals surface area contributed by atoms with Crippen molar-refractivity contribution in [3.05, 3.63) is 18.2 Å². The molecule has 0 spiro atoms. The van der Waals surface area contributed by atoms with E-state index in [1.807, 2.05) is 0 Å². The molecular formula is C16H22N2O6S. The summed E-state index contributed by atoms with van der Waals surface area (Å²) in [6, 6.07) is 4.36. The predicted molar refractivity (Wildman–Crippen MR) is 90.1 cm³/mol. The zero-order valence-electron chi connectivity index (χ0n) is 14.0. The SMILES string of the molecule is C[C@H]1Oc2ccc(S(=O)(=O)NCCOC[C@H]3CCCO3)cc2NC1=O. The number of ether oxygens (including phenoxy) is 3. The van der Waals surface area contributed by atoms with Gasteiger partial charge in [-0.1, -0.05) is 0 Å². The van der Waals surface area contributed by atoms with Crippen molar-refractivity contribution in [2.24, 2.45) is 0 Å². The van der Waals surface area contributed by atoms with Crippen molar-refractivity contribution in [2.45, 2.75) is 36.9 Å². The summed E-state index contributed by atoms with van der Waals surface area (Å²) in [5, 5.41) is 2.64. The van der Waals surface area contributed by atoms with E-state index in [4.69, 9.17) is 14.2 Å². The number of nitrogens with one attached hydrogen (secondary N) is 2. The molecule has 3 rings (SSSR count). The topological polar surface area (TPSA) is 103 Å². The number of amides is 1. The molecule has 2 N–H and O–H groups in total. The maximum atomic E-state index is 12.3. The number of sulfonamides is 1. The zero-order valence-corrected chi connectivity index (χ0v) is 14.8. The van der Waals surface area contributed by atoms with Gasteiger partial charge in [-0.15, -0.1) is 0 Å². The fourth-order valence-electron chi connectivity index (χ4n) is 2.68. The van der Waals surface area contributed by atoms with Crippen LogP contribution in [0.15, 0.2) is 23.1 Å². The molecule has 0 bridgehead atoms. The Morgan fingerprint density at radius 1 is 1.40 bits per heavy atom. The molecule has 1 aromatic carbocycles. The largest absolute Gasteiger partial charge is 0.479 e. The van der Waals surface area contributed by atoms with Crippen LogP contribution >= 0.6 is 0 Å². The Morgan fingerprint density at radius 3 is 3.00 bits per heavy atom. The lowest BCUT2D eigenvalue weighted by atomic mass is 10.2. The average Bonchev–Trinajstić information content (AvgIpc) is 3.08. The first kappa shape index (κ1) is 18.1. The first-order chi connectivity index (χ1) is 12.0. The van der Waals surface area contributed by atoms with Crippen LogP contribution in [0.25, 0.3) is 0 Å². The van der Waals surface area contributed by atoms with Crippen molar-refractivity contribution in [2.75, 3.05) is 31.7 Å². The quantitative estimate of drug-likeness (QED) is 0.691. The van der Waals surface area contributed by atoms with Crippen LogP contribution in [-0.4, -0.2) is 52.9 Å². The third-order valence-corrected chi connectivity index (χ3v) is 5.52. The summed E-state index contributed by atoms with van der Waals surface area (Å²) in [6.07, 6.45) is 1.53. The number of rotatable bonds is 7. The summed E-state index contributed by atoms with van der Waals surface area (Å²) in [4.78, 5) is 11.7. The van der Waals surface area contributed by atoms with Crippen molar-refractivity contribution in [3.63, 3.8) is 0 Å². The van der Waals surface area contributed by atoms with Gasteiger partial charge in [0.1, 0.15) is 5.75 Å². The molecule has 2 aliphatic rings. The first-order valence-corrected chi connectivity index (χ1v) is 9.74. The van der Waals surface area contributed by atoms with Gasteiger partial charge < -0.3 is 19.5 Å². The highest BCUT2D eigenvalue weighted by molar-refractivity contribution is 7.89. The molecule has 25 heavy (non-hydrogen) atoms. The van der Waals surface area contributed by atoms with Crippen molar-refractivity contribution >= 4 is 21.6 Å². The maximum Gasteiger partial charge on any atom is 0.265 e. The normalized spacial score (nSPS) is 23.0. The standard InChI is InChI=1S/C16H22N2O6S/c1-11-16(19)18-14-9-13(4-5-15(14)24-11)25(20,21)17-6-8-22-10-12-3-2-7-23-12/h4-5,9,11-12,17H,2-3,6-8,10H2,1H3,(H,18,19)/t11-,12-/m1/s1. The van der Waals surface area contributed by atoms with Gasteiger partial charge in [0.05, 0.1) is 29.9 Å². The number of fused-ring (bicyclic) bond motifs is 1. The first-order valence-electron chi connectivity index (χ1n) is 8.26. The predicted octanol–water partition coefficient (Wildman–Crippen LogP) is 0.880. The summed E-state index contributed by atoms with van der Waals surface area (Å²) in [5.41, 5.74) is 0.348. The Bertz CT molecular complexity index is 730. The van der Waals surface area contributed by atoms with Crippen LogP contribution in [0, 0.1) is 0 Å². The molecule has 138 valence electrons. The molecule has 8 nitrogen and oxygen atoms in total. The number of hydrogen-bond acceptors (Lipinski definition) is 6. The number of carbonyl (C=O) groups excluding carboxylic acids is 1. The number of carbonyl (C=O) groups is 1. The third-order valence-electron chi connectivity index (χ3n) is 4.06. The van der Waals surface area contributed by atoms with Crippen LogP contribution in [0.2, 0.25) is 0 Å². The highest BCUT2D eigenvalue weighted by Gasteiger charge is 2.25. The van der Waals surface area contributed by atoms with Crippen LogP contribution in [0.4, 0.5) is 5.69 Å². The van der Waals surface area contributed by atoms with Crippen molar-refractivity contribution in [3.8, 4) is 5.75 Å². The Morgan fingerprint density at radius 2 is 2.24 bits per heavy atom. The van der Waals surface area contributed by atoms with E-state index < -0.39 is 16.1 Å². The van der Waals surface area contributed by atoms with Gasteiger partial charge in [0, 0.05) is 13.2 Å². The van der Waals surface area contributed by atoms with E-state index in [0.717, 1.165) is 19.4 Å². The van der Waals surface area contributed by atoms with Crippen molar-refractivity contribution in [1.29, 1.82) is 0 Å². The molecule has 2 aliphatic heterocycles. The van der Waals surface area contributed by atoms with Gasteiger partial charge in [-0.2, -0.15) is 0 Å². The minimum absolute atomic E-state index is 0.0591. The summed E-state index contributed by atoms with van der Waals surface area (Å²) in [5.74, 6) is 0.142. The monoisotopic (exact) mass is 370 g/mol. The van der Waals surface area contributed by atoms with Gasteiger partial charge in [-0.3, -0.25) is 4.79 Å². The average molecular weight is 370 g/mol. The van der Waals surface area contributed by atoms with E-state index in [1.165, 1.54) is 18.2 Å². The van der Waals surface area contributed by atoms with Crippen molar-refractivity contribution in [1.82, 2.24) is 4.72 Å². The van der Waals surface area contributed by atoms with Crippen molar-refractivity contribution < 1.29 is 27.4 Å². The zero-order chi connectivity index (χ0) is 17.9. The van der Waals surface area contributed by atoms with E-state index in [2.05, 4.69) is 10.0 Å². The summed E-state index contributed by atoms with van der Waals surface area (Å²) in [7, 11) is -3.69. The molecule has 0 unspecified atom stereocenters. The van der Waals surface area contributed by atoms with Gasteiger partial charge in [0.15, 0.2) is 6.10 Å². The van der Waals surface area contributed by atoms with Gasteiger partial charge in [-0.05, 0) is 38.0 Å².